The van der Waals surface area contributed by atoms with Gasteiger partial charge in [-0.05, 0) is 25.7 Å². The molecule has 0 bridgehead atoms. The molecule has 4 N–H and O–H groups in total. The average Bonchev–Trinajstić information content (AvgIpc) is 3.07. The summed E-state index contributed by atoms with van der Waals surface area (Å²) in [4.78, 5) is 11.5. The third-order valence-corrected chi connectivity index (χ3v) is 2.55. The van der Waals surface area contributed by atoms with Crippen molar-refractivity contribution in [1.82, 2.24) is 5.32 Å². The molecule has 0 spiro atoms. The number of ether oxygens (including phenoxy) is 1. The van der Waals surface area contributed by atoms with E-state index in [1.54, 1.807) is 6.92 Å². The first-order chi connectivity index (χ1) is 7.10. The molecule has 0 aromatic rings. The van der Waals surface area contributed by atoms with Gasteiger partial charge in [0.15, 0.2) is 5.84 Å². The Hall–Kier alpha value is -1.30. The number of oxime groups is 1. The monoisotopic (exact) mass is 215 g/mol. The molecule has 0 saturated heterocycles. The summed E-state index contributed by atoms with van der Waals surface area (Å²) in [5, 5.41) is 14.2. The van der Waals surface area contributed by atoms with E-state index >= 15 is 0 Å². The van der Waals surface area contributed by atoms with E-state index in [-0.39, 0.29) is 23.7 Å². The predicted octanol–water partition coefficient (Wildman–Crippen LogP) is -0.337. The first-order valence-corrected chi connectivity index (χ1v) is 4.90. The number of hydrogen-bond donors (Lipinski definition) is 3. The zero-order chi connectivity index (χ0) is 11.4. The number of nitrogens with two attached hydrogens (primary N) is 1. The van der Waals surface area contributed by atoms with Gasteiger partial charge in [0.2, 0.25) is 5.91 Å². The van der Waals surface area contributed by atoms with Gasteiger partial charge in [-0.25, -0.2) is 0 Å². The number of rotatable bonds is 5. The molecule has 2 unspecified atom stereocenters. The maximum absolute atomic E-state index is 11.5. The van der Waals surface area contributed by atoms with Crippen molar-refractivity contribution in [2.24, 2.45) is 16.8 Å². The van der Waals surface area contributed by atoms with Crippen LogP contribution in [0.1, 0.15) is 19.8 Å². The summed E-state index contributed by atoms with van der Waals surface area (Å²) in [6.45, 7) is 1.64. The second-order valence-electron chi connectivity index (χ2n) is 3.73. The van der Waals surface area contributed by atoms with E-state index < -0.39 is 6.10 Å². The molecule has 0 heterocycles. The lowest BCUT2D eigenvalue weighted by molar-refractivity contribution is -0.130. The highest BCUT2D eigenvalue weighted by Gasteiger charge is 2.35. The Kier molecular flexibility index (Phi) is 3.90. The SMILES string of the molecule is COC(C)C(=O)NC(C(N)=NO)C1CC1. The number of nitrogens with zero attached hydrogens (tertiary/aromatic N) is 1. The van der Waals surface area contributed by atoms with Crippen molar-refractivity contribution in [3.8, 4) is 0 Å². The lowest BCUT2D eigenvalue weighted by Gasteiger charge is -2.18. The Bertz CT molecular complexity index is 263. The molecule has 1 rings (SSSR count). The highest BCUT2D eigenvalue weighted by molar-refractivity contribution is 5.91. The number of methoxy groups -OCH3 is 1. The minimum absolute atomic E-state index is 0.0501. The summed E-state index contributed by atoms with van der Waals surface area (Å²) in [7, 11) is 1.46. The van der Waals surface area contributed by atoms with E-state index in [4.69, 9.17) is 15.7 Å². The zero-order valence-corrected chi connectivity index (χ0v) is 8.93. The van der Waals surface area contributed by atoms with Crippen LogP contribution in [0.15, 0.2) is 5.16 Å². The standard InChI is InChI=1S/C9H17N3O3/c1-5(15-2)9(13)11-7(6-3-4-6)8(10)12-14/h5-7,14H,3-4H2,1-2H3,(H2,10,12)(H,11,13). The van der Waals surface area contributed by atoms with E-state index in [9.17, 15) is 4.79 Å². The Morgan fingerprint density at radius 3 is 2.67 bits per heavy atom. The number of hydrogen-bond acceptors (Lipinski definition) is 4. The third-order valence-electron chi connectivity index (χ3n) is 2.55. The van der Waals surface area contributed by atoms with Crippen molar-refractivity contribution >= 4 is 11.7 Å². The quantitative estimate of drug-likeness (QED) is 0.253. The van der Waals surface area contributed by atoms with Gasteiger partial charge < -0.3 is 21.0 Å². The van der Waals surface area contributed by atoms with Gasteiger partial charge in [-0.3, -0.25) is 4.79 Å². The first-order valence-electron chi connectivity index (χ1n) is 4.90. The smallest absolute Gasteiger partial charge is 0.249 e. The number of amidine groups is 1. The number of carbonyl (C=O) groups excluding carboxylic acids is 1. The topological polar surface area (TPSA) is 96.9 Å². The fourth-order valence-corrected chi connectivity index (χ4v) is 1.30. The Morgan fingerprint density at radius 2 is 2.27 bits per heavy atom. The van der Waals surface area contributed by atoms with Gasteiger partial charge in [0, 0.05) is 7.11 Å². The van der Waals surface area contributed by atoms with Gasteiger partial charge in [-0.1, -0.05) is 5.16 Å². The molecule has 0 radical (unpaired) electrons. The Morgan fingerprint density at radius 1 is 1.67 bits per heavy atom. The normalized spacial score (nSPS) is 20.8. The molecule has 1 aliphatic carbocycles. The first kappa shape index (κ1) is 11.8. The van der Waals surface area contributed by atoms with Gasteiger partial charge in [0.05, 0.1) is 6.04 Å². The highest BCUT2D eigenvalue weighted by Crippen LogP contribution is 2.32. The molecule has 1 amide bonds. The van der Waals surface area contributed by atoms with Crippen LogP contribution in [-0.4, -0.2) is 36.2 Å². The van der Waals surface area contributed by atoms with Crippen molar-refractivity contribution < 1.29 is 14.7 Å². The zero-order valence-electron chi connectivity index (χ0n) is 8.93. The van der Waals surface area contributed by atoms with E-state index in [1.165, 1.54) is 7.11 Å². The van der Waals surface area contributed by atoms with E-state index in [2.05, 4.69) is 10.5 Å². The maximum Gasteiger partial charge on any atom is 0.249 e. The van der Waals surface area contributed by atoms with Crippen LogP contribution in [-0.2, 0) is 9.53 Å². The lowest BCUT2D eigenvalue weighted by Crippen LogP contribution is -2.49. The van der Waals surface area contributed by atoms with Crippen LogP contribution in [0.3, 0.4) is 0 Å². The Labute approximate surface area is 88.5 Å². The van der Waals surface area contributed by atoms with Crippen LogP contribution in [0.4, 0.5) is 0 Å². The molecule has 0 aromatic heterocycles. The lowest BCUT2D eigenvalue weighted by atomic mass is 10.1. The van der Waals surface area contributed by atoms with Crippen molar-refractivity contribution in [3.05, 3.63) is 0 Å². The minimum atomic E-state index is -0.530. The van der Waals surface area contributed by atoms with Gasteiger partial charge >= 0.3 is 0 Å². The largest absolute Gasteiger partial charge is 0.409 e. The molecule has 6 heteroatoms. The second kappa shape index (κ2) is 4.97. The fraction of sp³-hybridized carbons (Fsp3) is 0.778. The molecule has 1 saturated carbocycles. The number of amides is 1. The molecular formula is C9H17N3O3. The molecule has 15 heavy (non-hydrogen) atoms. The summed E-state index contributed by atoms with van der Waals surface area (Å²) in [5.74, 6) is 0.0871. The summed E-state index contributed by atoms with van der Waals surface area (Å²) in [5.41, 5.74) is 5.49. The van der Waals surface area contributed by atoms with Crippen molar-refractivity contribution in [2.45, 2.75) is 31.9 Å². The molecule has 6 nitrogen and oxygen atoms in total. The summed E-state index contributed by atoms with van der Waals surface area (Å²) < 4.78 is 4.87. The summed E-state index contributed by atoms with van der Waals surface area (Å²) in [6.07, 6.45) is 1.45. The van der Waals surface area contributed by atoms with Crippen LogP contribution < -0.4 is 11.1 Å². The van der Waals surface area contributed by atoms with Crippen molar-refractivity contribution in [1.29, 1.82) is 0 Å². The van der Waals surface area contributed by atoms with E-state index in [0.29, 0.717) is 0 Å². The molecule has 0 aliphatic heterocycles. The van der Waals surface area contributed by atoms with Crippen LogP contribution >= 0.6 is 0 Å². The fourth-order valence-electron chi connectivity index (χ4n) is 1.30. The van der Waals surface area contributed by atoms with Crippen LogP contribution in [0.25, 0.3) is 0 Å². The van der Waals surface area contributed by atoms with Gasteiger partial charge in [0.25, 0.3) is 0 Å². The number of carbonyl (C=O) groups is 1. The number of nitrogens with one attached hydrogen (secondary N) is 1. The molecule has 1 aliphatic rings. The molecule has 86 valence electrons. The maximum atomic E-state index is 11.5. The van der Waals surface area contributed by atoms with E-state index in [1.807, 2.05) is 0 Å². The van der Waals surface area contributed by atoms with Gasteiger partial charge in [-0.2, -0.15) is 0 Å². The minimum Gasteiger partial charge on any atom is -0.409 e. The molecule has 2 atom stereocenters. The molecular weight excluding hydrogens is 198 g/mol. The second-order valence-corrected chi connectivity index (χ2v) is 3.73. The molecule has 1 fully saturated rings. The summed E-state index contributed by atoms with van der Waals surface area (Å²) >= 11 is 0. The predicted molar refractivity (Wildman–Crippen MR) is 54.5 cm³/mol. The van der Waals surface area contributed by atoms with Crippen molar-refractivity contribution in [3.63, 3.8) is 0 Å². The average molecular weight is 215 g/mol. The van der Waals surface area contributed by atoms with Crippen LogP contribution in [0.2, 0.25) is 0 Å². The highest BCUT2D eigenvalue weighted by atomic mass is 16.5. The van der Waals surface area contributed by atoms with Gasteiger partial charge in [-0.15, -0.1) is 0 Å². The third kappa shape index (κ3) is 3.09. The Balaban J connectivity index is 2.55. The van der Waals surface area contributed by atoms with Crippen LogP contribution in [0, 0.1) is 5.92 Å². The van der Waals surface area contributed by atoms with Crippen LogP contribution in [0.5, 0.6) is 0 Å². The van der Waals surface area contributed by atoms with Crippen molar-refractivity contribution in [2.75, 3.05) is 7.11 Å². The van der Waals surface area contributed by atoms with Gasteiger partial charge in [0.1, 0.15) is 6.10 Å². The van der Waals surface area contributed by atoms with E-state index in [0.717, 1.165) is 12.8 Å². The summed E-state index contributed by atoms with van der Waals surface area (Å²) in [6, 6.07) is -0.375. The molecule has 0 aromatic carbocycles.